The summed E-state index contributed by atoms with van der Waals surface area (Å²) in [6.07, 6.45) is 1.49. The fourth-order valence-electron chi connectivity index (χ4n) is 4.70. The lowest BCUT2D eigenvalue weighted by atomic mass is 9.89. The second-order valence-corrected chi connectivity index (χ2v) is 9.98. The van der Waals surface area contributed by atoms with Crippen LogP contribution in [0.25, 0.3) is 0 Å². The van der Waals surface area contributed by atoms with Crippen LogP contribution in [-0.4, -0.2) is 28.3 Å². The number of hydrogen-bond acceptors (Lipinski definition) is 3. The summed E-state index contributed by atoms with van der Waals surface area (Å²) in [6, 6.07) is 27.9. The van der Waals surface area contributed by atoms with Crippen LogP contribution in [0.1, 0.15) is 34.8 Å². The molecule has 3 aromatic carbocycles. The summed E-state index contributed by atoms with van der Waals surface area (Å²) >= 11 is 13.0. The maximum absolute atomic E-state index is 12.8. The smallest absolute Gasteiger partial charge is 0.157 e. The van der Waals surface area contributed by atoms with Gasteiger partial charge in [0, 0.05) is 12.3 Å². The van der Waals surface area contributed by atoms with Crippen LogP contribution in [0.5, 0.6) is 0 Å². The first-order valence-electron chi connectivity index (χ1n) is 11.8. The highest BCUT2D eigenvalue weighted by molar-refractivity contribution is 6.39. The van der Waals surface area contributed by atoms with Gasteiger partial charge in [-0.3, -0.25) is 4.79 Å². The molecule has 1 aliphatic carbocycles. The maximum atomic E-state index is 12.8. The Kier molecular flexibility index (Phi) is 8.80. The van der Waals surface area contributed by atoms with Crippen molar-refractivity contribution in [3.8, 4) is 0 Å². The number of hydrogen-bond donors (Lipinski definition) is 1. The van der Waals surface area contributed by atoms with Crippen LogP contribution in [0.15, 0.2) is 84.9 Å². The Bertz CT molecular complexity index is 1060. The van der Waals surface area contributed by atoms with Crippen LogP contribution in [0.4, 0.5) is 0 Å². The molecule has 0 saturated heterocycles. The lowest BCUT2D eigenvalue weighted by Crippen LogP contribution is -2.24. The van der Waals surface area contributed by atoms with Gasteiger partial charge in [-0.1, -0.05) is 84.9 Å². The van der Waals surface area contributed by atoms with E-state index in [-0.39, 0.29) is 17.6 Å². The van der Waals surface area contributed by atoms with Gasteiger partial charge in [-0.15, -0.1) is 23.2 Å². The number of ketones is 1. The van der Waals surface area contributed by atoms with E-state index in [9.17, 15) is 9.90 Å². The standard InChI is InChI=1S/C29H30Cl2O3/c30-27-24(25(29(33)28(27)31)19-34-18-22-10-5-2-6-11-22)15-14-21-12-7-13-23(16-21)26(32)17-20-8-3-1-4-9-20/h1-13,16,24-28,32H,14-15,17-19H2/t24-,25-,26?,27?,28?/m1/s1. The maximum Gasteiger partial charge on any atom is 0.157 e. The monoisotopic (exact) mass is 496 g/mol. The quantitative estimate of drug-likeness (QED) is 0.342. The zero-order valence-electron chi connectivity index (χ0n) is 19.0. The third-order valence-electron chi connectivity index (χ3n) is 6.63. The highest BCUT2D eigenvalue weighted by Gasteiger charge is 2.47. The van der Waals surface area contributed by atoms with E-state index in [1.807, 2.05) is 78.9 Å². The Morgan fingerprint density at radius 2 is 1.50 bits per heavy atom. The minimum absolute atomic E-state index is 0.0215. The van der Waals surface area contributed by atoms with Crippen LogP contribution < -0.4 is 0 Å². The SMILES string of the molecule is O=C1C(Cl)C(Cl)[C@H](CCc2cccc(C(O)Cc3ccccc3)c2)[C@H]1COCc1ccccc1. The number of aryl methyl sites for hydroxylation is 1. The average Bonchev–Trinajstić information content (AvgIpc) is 3.07. The van der Waals surface area contributed by atoms with Gasteiger partial charge >= 0.3 is 0 Å². The predicted octanol–water partition coefficient (Wildman–Crippen LogP) is 6.14. The molecule has 1 saturated carbocycles. The molecule has 4 rings (SSSR count). The Morgan fingerprint density at radius 1 is 0.853 bits per heavy atom. The van der Waals surface area contributed by atoms with E-state index in [2.05, 4.69) is 6.07 Å². The Hall–Kier alpha value is -2.17. The molecule has 0 bridgehead atoms. The minimum atomic E-state index is -0.684. The second kappa shape index (κ2) is 12.0. The van der Waals surface area contributed by atoms with E-state index >= 15 is 0 Å². The average molecular weight is 497 g/mol. The van der Waals surface area contributed by atoms with Gasteiger partial charge in [-0.05, 0) is 41.0 Å². The van der Waals surface area contributed by atoms with E-state index < -0.39 is 16.9 Å². The van der Waals surface area contributed by atoms with Gasteiger partial charge in [0.25, 0.3) is 0 Å². The number of carbonyl (C=O) groups is 1. The summed E-state index contributed by atoms with van der Waals surface area (Å²) < 4.78 is 5.89. The molecule has 0 radical (unpaired) electrons. The minimum Gasteiger partial charge on any atom is -0.388 e. The van der Waals surface area contributed by atoms with Crippen LogP contribution in [0.2, 0.25) is 0 Å². The van der Waals surface area contributed by atoms with E-state index in [4.69, 9.17) is 27.9 Å². The number of aliphatic hydroxyl groups is 1. The molecule has 3 nitrogen and oxygen atoms in total. The summed E-state index contributed by atoms with van der Waals surface area (Å²) in [5, 5.41) is 9.63. The lowest BCUT2D eigenvalue weighted by Gasteiger charge is -2.21. The molecule has 0 amide bonds. The van der Waals surface area contributed by atoms with Crippen LogP contribution in [-0.2, 0) is 29.0 Å². The third-order valence-corrected chi connectivity index (χ3v) is 7.82. The number of carbonyl (C=O) groups excluding carboxylic acids is 1. The molecule has 3 unspecified atom stereocenters. The molecule has 1 aliphatic rings. The summed E-state index contributed by atoms with van der Waals surface area (Å²) in [6.45, 7) is 0.777. The number of aliphatic hydroxyl groups excluding tert-OH is 1. The van der Waals surface area contributed by atoms with Crippen molar-refractivity contribution in [1.82, 2.24) is 0 Å². The molecule has 5 heteroatoms. The zero-order chi connectivity index (χ0) is 23.9. The van der Waals surface area contributed by atoms with Crippen molar-refractivity contribution in [1.29, 1.82) is 0 Å². The van der Waals surface area contributed by atoms with Crippen molar-refractivity contribution in [3.05, 3.63) is 107 Å². The molecule has 1 fully saturated rings. The zero-order valence-corrected chi connectivity index (χ0v) is 20.5. The number of Topliss-reactive ketones (excluding diaryl/α,β-unsaturated/α-hetero) is 1. The van der Waals surface area contributed by atoms with Gasteiger partial charge in [0.2, 0.25) is 0 Å². The summed E-state index contributed by atoms with van der Waals surface area (Å²) in [7, 11) is 0. The highest BCUT2D eigenvalue weighted by atomic mass is 35.5. The van der Waals surface area contributed by atoms with Crippen LogP contribution >= 0.6 is 23.2 Å². The predicted molar refractivity (Wildman–Crippen MR) is 137 cm³/mol. The molecule has 0 aromatic heterocycles. The molecular weight excluding hydrogens is 467 g/mol. The third kappa shape index (κ3) is 6.28. The van der Waals surface area contributed by atoms with E-state index in [0.29, 0.717) is 19.6 Å². The van der Waals surface area contributed by atoms with Crippen LogP contribution in [0.3, 0.4) is 0 Å². The summed E-state index contributed by atoms with van der Waals surface area (Å²) in [5.41, 5.74) is 4.17. The van der Waals surface area contributed by atoms with Crippen molar-refractivity contribution < 1.29 is 14.6 Å². The largest absolute Gasteiger partial charge is 0.388 e. The Balaban J connectivity index is 1.36. The molecule has 3 aromatic rings. The second-order valence-electron chi connectivity index (χ2n) is 9.01. The molecule has 34 heavy (non-hydrogen) atoms. The van der Waals surface area contributed by atoms with Crippen LogP contribution in [0, 0.1) is 11.8 Å². The summed E-state index contributed by atoms with van der Waals surface area (Å²) in [4.78, 5) is 12.8. The molecule has 0 spiro atoms. The van der Waals surface area contributed by atoms with Gasteiger partial charge in [-0.2, -0.15) is 0 Å². The van der Waals surface area contributed by atoms with E-state index in [1.54, 1.807) is 0 Å². The van der Waals surface area contributed by atoms with Gasteiger partial charge in [0.1, 0.15) is 5.38 Å². The highest BCUT2D eigenvalue weighted by Crippen LogP contribution is 2.39. The van der Waals surface area contributed by atoms with Gasteiger partial charge < -0.3 is 9.84 Å². The number of halogens is 2. The fourth-order valence-corrected chi connectivity index (χ4v) is 5.47. The van der Waals surface area contributed by atoms with Gasteiger partial charge in [0.05, 0.1) is 24.7 Å². The Labute approximate surface area is 211 Å². The van der Waals surface area contributed by atoms with Gasteiger partial charge in [0.15, 0.2) is 5.78 Å². The topological polar surface area (TPSA) is 46.5 Å². The number of ether oxygens (including phenoxy) is 1. The first kappa shape index (κ1) is 24.9. The van der Waals surface area contributed by atoms with Gasteiger partial charge in [-0.25, -0.2) is 0 Å². The number of benzene rings is 3. The summed E-state index contributed by atoms with van der Waals surface area (Å²) in [5.74, 6) is -0.377. The molecule has 0 heterocycles. The van der Waals surface area contributed by atoms with E-state index in [0.717, 1.165) is 35.1 Å². The van der Waals surface area contributed by atoms with Crippen molar-refractivity contribution in [3.63, 3.8) is 0 Å². The first-order valence-corrected chi connectivity index (χ1v) is 12.6. The molecular formula is C29H30Cl2O3. The fraction of sp³-hybridized carbons (Fsp3) is 0.345. The Morgan fingerprint density at radius 3 is 2.21 bits per heavy atom. The number of rotatable bonds is 10. The molecule has 1 N–H and O–H groups in total. The normalized spacial score (nSPS) is 23.2. The van der Waals surface area contributed by atoms with Crippen molar-refractivity contribution in [2.45, 2.75) is 42.7 Å². The first-order chi connectivity index (χ1) is 16.5. The molecule has 178 valence electrons. The lowest BCUT2D eigenvalue weighted by molar-refractivity contribution is -0.123. The molecule has 5 atom stereocenters. The van der Waals surface area contributed by atoms with Crippen molar-refractivity contribution in [2.24, 2.45) is 11.8 Å². The van der Waals surface area contributed by atoms with E-state index in [1.165, 1.54) is 0 Å². The molecule has 0 aliphatic heterocycles. The number of alkyl halides is 2. The van der Waals surface area contributed by atoms with Crippen molar-refractivity contribution in [2.75, 3.05) is 6.61 Å². The van der Waals surface area contributed by atoms with Crippen molar-refractivity contribution >= 4 is 29.0 Å².